The number of carbonyl (C=O) groups excluding carboxylic acids is 1. The van der Waals surface area contributed by atoms with Crippen LogP contribution in [0.1, 0.15) is 21.5 Å². The Bertz CT molecular complexity index is 951. The third-order valence-electron chi connectivity index (χ3n) is 4.01. The van der Waals surface area contributed by atoms with Crippen molar-refractivity contribution in [3.05, 3.63) is 75.8 Å². The maximum atomic E-state index is 12.6. The standard InChI is InChI=1S/C19H19N3O3/c1-13-4-5-14-10-16(18(24)21-17(14)9-13)12-22(7-8-23)19(25)15-3-2-6-20-11-15/h2-6,9-11,23H,7-8,12H2,1H3,(H,21,24). The number of aromatic nitrogens is 2. The van der Waals surface area contributed by atoms with E-state index in [-0.39, 0.29) is 31.2 Å². The molecule has 0 atom stereocenters. The lowest BCUT2D eigenvalue weighted by molar-refractivity contribution is 0.0707. The topological polar surface area (TPSA) is 86.3 Å². The van der Waals surface area contributed by atoms with E-state index in [0.717, 1.165) is 16.5 Å². The molecule has 0 spiro atoms. The fraction of sp³-hybridized carbons (Fsp3) is 0.211. The van der Waals surface area contributed by atoms with Crippen molar-refractivity contribution in [2.24, 2.45) is 0 Å². The highest BCUT2D eigenvalue weighted by Gasteiger charge is 2.17. The van der Waals surface area contributed by atoms with Gasteiger partial charge in [0.2, 0.25) is 0 Å². The molecule has 0 aliphatic carbocycles. The summed E-state index contributed by atoms with van der Waals surface area (Å²) >= 11 is 0. The molecule has 2 heterocycles. The van der Waals surface area contributed by atoms with E-state index in [1.807, 2.05) is 25.1 Å². The Kier molecular flexibility index (Phi) is 4.90. The van der Waals surface area contributed by atoms with Gasteiger partial charge < -0.3 is 15.0 Å². The van der Waals surface area contributed by atoms with Crippen LogP contribution in [0.5, 0.6) is 0 Å². The van der Waals surface area contributed by atoms with Gasteiger partial charge in [-0.25, -0.2) is 0 Å². The molecule has 6 heteroatoms. The lowest BCUT2D eigenvalue weighted by Crippen LogP contribution is -2.35. The van der Waals surface area contributed by atoms with E-state index in [9.17, 15) is 14.7 Å². The van der Waals surface area contributed by atoms with Crippen LogP contribution >= 0.6 is 0 Å². The number of nitrogens with zero attached hydrogens (tertiary/aromatic N) is 2. The quantitative estimate of drug-likeness (QED) is 0.744. The molecular weight excluding hydrogens is 318 g/mol. The first-order valence-corrected chi connectivity index (χ1v) is 8.01. The van der Waals surface area contributed by atoms with Crippen molar-refractivity contribution < 1.29 is 9.90 Å². The van der Waals surface area contributed by atoms with Crippen LogP contribution in [0.25, 0.3) is 10.9 Å². The molecule has 0 unspecified atom stereocenters. The molecular formula is C19H19N3O3. The molecule has 0 saturated carbocycles. The summed E-state index contributed by atoms with van der Waals surface area (Å²) in [6, 6.07) is 10.9. The molecule has 3 aromatic rings. The first-order valence-electron chi connectivity index (χ1n) is 8.01. The van der Waals surface area contributed by atoms with Gasteiger partial charge in [-0.3, -0.25) is 14.6 Å². The van der Waals surface area contributed by atoms with Crippen LogP contribution in [0.4, 0.5) is 0 Å². The molecule has 0 bridgehead atoms. The summed E-state index contributed by atoms with van der Waals surface area (Å²) in [4.78, 5) is 33.2. The van der Waals surface area contributed by atoms with E-state index in [0.29, 0.717) is 11.1 Å². The van der Waals surface area contributed by atoms with Crippen LogP contribution in [0, 0.1) is 6.92 Å². The monoisotopic (exact) mass is 337 g/mol. The van der Waals surface area contributed by atoms with Crippen molar-refractivity contribution in [1.82, 2.24) is 14.9 Å². The van der Waals surface area contributed by atoms with Crippen molar-refractivity contribution in [3.8, 4) is 0 Å². The van der Waals surface area contributed by atoms with Gasteiger partial charge in [0.25, 0.3) is 11.5 Å². The summed E-state index contributed by atoms with van der Waals surface area (Å²) in [5.41, 5.74) is 2.48. The summed E-state index contributed by atoms with van der Waals surface area (Å²) < 4.78 is 0. The van der Waals surface area contributed by atoms with Gasteiger partial charge in [0, 0.05) is 30.0 Å². The minimum Gasteiger partial charge on any atom is -0.395 e. The average Bonchev–Trinajstić information content (AvgIpc) is 2.62. The molecule has 0 aliphatic heterocycles. The number of aliphatic hydroxyl groups is 1. The van der Waals surface area contributed by atoms with E-state index in [1.165, 1.54) is 11.1 Å². The molecule has 3 rings (SSSR count). The Labute approximate surface area is 144 Å². The van der Waals surface area contributed by atoms with Crippen LogP contribution in [0.15, 0.2) is 53.6 Å². The number of aliphatic hydroxyl groups excluding tert-OH is 1. The first-order chi connectivity index (χ1) is 12.1. The van der Waals surface area contributed by atoms with Gasteiger partial charge in [-0.15, -0.1) is 0 Å². The van der Waals surface area contributed by atoms with Crippen molar-refractivity contribution in [2.45, 2.75) is 13.5 Å². The largest absolute Gasteiger partial charge is 0.395 e. The lowest BCUT2D eigenvalue weighted by Gasteiger charge is -2.21. The van der Waals surface area contributed by atoms with Crippen molar-refractivity contribution >= 4 is 16.8 Å². The normalized spacial score (nSPS) is 10.8. The number of nitrogens with one attached hydrogen (secondary N) is 1. The van der Waals surface area contributed by atoms with E-state index in [2.05, 4.69) is 9.97 Å². The molecule has 25 heavy (non-hydrogen) atoms. The van der Waals surface area contributed by atoms with Crippen molar-refractivity contribution in [2.75, 3.05) is 13.2 Å². The van der Waals surface area contributed by atoms with Crippen molar-refractivity contribution in [1.29, 1.82) is 0 Å². The van der Waals surface area contributed by atoms with Crippen LogP contribution in [0.2, 0.25) is 0 Å². The molecule has 2 N–H and O–H groups in total. The SMILES string of the molecule is Cc1ccc2cc(CN(CCO)C(=O)c3cccnc3)c(=O)[nH]c2c1. The minimum absolute atomic E-state index is 0.118. The number of aryl methyl sites for hydroxylation is 1. The summed E-state index contributed by atoms with van der Waals surface area (Å²) in [5.74, 6) is -0.273. The molecule has 1 amide bonds. The number of pyridine rings is 2. The second-order valence-corrected chi connectivity index (χ2v) is 5.91. The highest BCUT2D eigenvalue weighted by molar-refractivity contribution is 5.93. The summed E-state index contributed by atoms with van der Waals surface area (Å²) in [6.45, 7) is 2.03. The number of fused-ring (bicyclic) bond motifs is 1. The Hall–Kier alpha value is -2.99. The zero-order valence-electron chi connectivity index (χ0n) is 13.9. The van der Waals surface area contributed by atoms with Crippen LogP contribution in [-0.4, -0.2) is 39.0 Å². The Balaban J connectivity index is 1.93. The lowest BCUT2D eigenvalue weighted by atomic mass is 10.1. The number of aromatic amines is 1. The van der Waals surface area contributed by atoms with Crippen LogP contribution < -0.4 is 5.56 Å². The summed E-state index contributed by atoms with van der Waals surface area (Å²) in [6.07, 6.45) is 3.06. The Morgan fingerprint density at radius 3 is 2.84 bits per heavy atom. The predicted octanol–water partition coefficient (Wildman–Crippen LogP) is 1.87. The number of amides is 1. The predicted molar refractivity (Wildman–Crippen MR) is 95.4 cm³/mol. The number of rotatable bonds is 5. The molecule has 1 aromatic carbocycles. The first kappa shape index (κ1) is 16.9. The van der Waals surface area contributed by atoms with Gasteiger partial charge in [-0.05, 0) is 42.1 Å². The molecule has 128 valence electrons. The number of H-pyrrole nitrogens is 1. The summed E-state index contributed by atoms with van der Waals surface area (Å²) in [7, 11) is 0. The van der Waals surface area contributed by atoms with Gasteiger partial charge in [0.05, 0.1) is 18.7 Å². The zero-order valence-corrected chi connectivity index (χ0v) is 13.9. The summed E-state index contributed by atoms with van der Waals surface area (Å²) in [5, 5.41) is 10.2. The third kappa shape index (κ3) is 3.75. The van der Waals surface area contributed by atoms with Crippen LogP contribution in [0.3, 0.4) is 0 Å². The molecule has 0 fully saturated rings. The number of carbonyl (C=O) groups is 1. The Morgan fingerprint density at radius 1 is 1.28 bits per heavy atom. The molecule has 0 saturated heterocycles. The second-order valence-electron chi connectivity index (χ2n) is 5.91. The van der Waals surface area contributed by atoms with Crippen LogP contribution in [-0.2, 0) is 6.54 Å². The van der Waals surface area contributed by atoms with E-state index < -0.39 is 0 Å². The molecule has 0 aliphatic rings. The highest BCUT2D eigenvalue weighted by Crippen LogP contribution is 2.15. The van der Waals surface area contributed by atoms with Gasteiger partial charge in [-0.1, -0.05) is 12.1 Å². The van der Waals surface area contributed by atoms with E-state index in [4.69, 9.17) is 0 Å². The smallest absolute Gasteiger partial charge is 0.255 e. The van der Waals surface area contributed by atoms with Gasteiger partial charge in [0.1, 0.15) is 0 Å². The maximum Gasteiger partial charge on any atom is 0.255 e. The van der Waals surface area contributed by atoms with E-state index in [1.54, 1.807) is 24.4 Å². The van der Waals surface area contributed by atoms with Gasteiger partial charge in [-0.2, -0.15) is 0 Å². The minimum atomic E-state index is -0.273. The average molecular weight is 337 g/mol. The van der Waals surface area contributed by atoms with E-state index >= 15 is 0 Å². The third-order valence-corrected chi connectivity index (χ3v) is 4.01. The molecule has 2 aromatic heterocycles. The van der Waals surface area contributed by atoms with Crippen molar-refractivity contribution in [3.63, 3.8) is 0 Å². The Morgan fingerprint density at radius 2 is 2.12 bits per heavy atom. The number of benzene rings is 1. The van der Waals surface area contributed by atoms with Gasteiger partial charge >= 0.3 is 0 Å². The fourth-order valence-corrected chi connectivity index (χ4v) is 2.73. The number of hydrogen-bond acceptors (Lipinski definition) is 4. The van der Waals surface area contributed by atoms with Gasteiger partial charge in [0.15, 0.2) is 0 Å². The second kappa shape index (κ2) is 7.27. The molecule has 6 nitrogen and oxygen atoms in total. The maximum absolute atomic E-state index is 12.6. The number of hydrogen-bond donors (Lipinski definition) is 2. The highest BCUT2D eigenvalue weighted by atomic mass is 16.3. The fourth-order valence-electron chi connectivity index (χ4n) is 2.73. The zero-order chi connectivity index (χ0) is 17.8. The molecule has 0 radical (unpaired) electrons.